The number of nitrogens with zero attached hydrogens (tertiary/aromatic N) is 1. The van der Waals surface area contributed by atoms with Gasteiger partial charge in [-0.2, -0.15) is 0 Å². The Labute approximate surface area is 67.0 Å². The summed E-state index contributed by atoms with van der Waals surface area (Å²) in [5.41, 5.74) is 4.96. The summed E-state index contributed by atoms with van der Waals surface area (Å²) in [6.07, 6.45) is 0.865. The Hall–Kier alpha value is -0.770. The largest absolute Gasteiger partial charge is 0.376 e. The van der Waals surface area contributed by atoms with Crippen molar-refractivity contribution in [1.82, 2.24) is 4.90 Å². The average molecular weight is 160 g/mol. The van der Waals surface area contributed by atoms with Gasteiger partial charge in [0.05, 0.1) is 0 Å². The number of nitrogens with two attached hydrogens (primary N) is 1. The first kappa shape index (κ1) is 10.2. The van der Waals surface area contributed by atoms with Gasteiger partial charge in [0.1, 0.15) is 6.73 Å². The fourth-order valence-corrected chi connectivity index (χ4v) is 0.665. The maximum atomic E-state index is 10.5. The number of hydrogen-bond acceptors (Lipinski definition) is 2. The maximum Gasteiger partial charge on any atom is 0.316 e. The number of primary amides is 1. The lowest BCUT2D eigenvalue weighted by Gasteiger charge is -2.17. The minimum atomic E-state index is -0.562. The first-order valence-electron chi connectivity index (χ1n) is 3.73. The van der Waals surface area contributed by atoms with Crippen LogP contribution in [0.15, 0.2) is 0 Å². The van der Waals surface area contributed by atoms with Gasteiger partial charge in [-0.15, -0.1) is 0 Å². The number of carbonyl (C=O) groups excluding carboxylic acids is 1. The molecule has 0 aromatic rings. The van der Waals surface area contributed by atoms with Crippen molar-refractivity contribution in [2.75, 3.05) is 13.3 Å². The van der Waals surface area contributed by atoms with Crippen LogP contribution < -0.4 is 5.73 Å². The van der Waals surface area contributed by atoms with Gasteiger partial charge in [0, 0.05) is 6.54 Å². The Morgan fingerprint density at radius 2 is 2.18 bits per heavy atom. The molecule has 0 saturated carbocycles. The zero-order valence-electron chi connectivity index (χ0n) is 7.08. The Morgan fingerprint density at radius 3 is 2.45 bits per heavy atom. The lowest BCUT2D eigenvalue weighted by atomic mass is 10.1. The number of urea groups is 1. The molecule has 0 spiro atoms. The summed E-state index contributed by atoms with van der Waals surface area (Å²) < 4.78 is 0. The monoisotopic (exact) mass is 160 g/mol. The summed E-state index contributed by atoms with van der Waals surface area (Å²) >= 11 is 0. The van der Waals surface area contributed by atoms with Crippen molar-refractivity contribution in [3.63, 3.8) is 0 Å². The zero-order valence-corrected chi connectivity index (χ0v) is 7.08. The van der Waals surface area contributed by atoms with Gasteiger partial charge >= 0.3 is 6.03 Å². The molecule has 0 radical (unpaired) electrons. The molecule has 0 unspecified atom stereocenters. The molecule has 0 atom stereocenters. The van der Waals surface area contributed by atoms with Gasteiger partial charge < -0.3 is 15.7 Å². The Morgan fingerprint density at radius 1 is 1.64 bits per heavy atom. The SMILES string of the molecule is CC(C)CCN(CO)C(N)=O. The molecule has 0 aromatic heterocycles. The van der Waals surface area contributed by atoms with Crippen molar-refractivity contribution >= 4 is 6.03 Å². The van der Waals surface area contributed by atoms with E-state index in [1.54, 1.807) is 0 Å². The molecular formula is C7H16N2O2. The molecule has 0 aromatic carbocycles. The van der Waals surface area contributed by atoms with Crippen LogP contribution in [-0.2, 0) is 0 Å². The van der Waals surface area contributed by atoms with Gasteiger partial charge in [0.25, 0.3) is 0 Å². The summed E-state index contributed by atoms with van der Waals surface area (Å²) in [5.74, 6) is 0.517. The highest BCUT2D eigenvalue weighted by Gasteiger charge is 2.07. The lowest BCUT2D eigenvalue weighted by molar-refractivity contribution is 0.124. The fourth-order valence-electron chi connectivity index (χ4n) is 0.665. The van der Waals surface area contributed by atoms with Gasteiger partial charge in [-0.25, -0.2) is 4.79 Å². The highest BCUT2D eigenvalue weighted by atomic mass is 16.3. The minimum absolute atomic E-state index is 0.290. The van der Waals surface area contributed by atoms with E-state index in [-0.39, 0.29) is 6.73 Å². The summed E-state index contributed by atoms with van der Waals surface area (Å²) in [6.45, 7) is 4.35. The Bertz CT molecular complexity index is 126. The van der Waals surface area contributed by atoms with E-state index >= 15 is 0 Å². The smallest absolute Gasteiger partial charge is 0.316 e. The van der Waals surface area contributed by atoms with Crippen LogP contribution >= 0.6 is 0 Å². The first-order chi connectivity index (χ1) is 5.07. The van der Waals surface area contributed by atoms with Crippen LogP contribution in [0.3, 0.4) is 0 Å². The van der Waals surface area contributed by atoms with Gasteiger partial charge in [-0.05, 0) is 12.3 Å². The number of rotatable bonds is 4. The lowest BCUT2D eigenvalue weighted by Crippen LogP contribution is -2.37. The van der Waals surface area contributed by atoms with Crippen molar-refractivity contribution in [1.29, 1.82) is 0 Å². The molecule has 0 rings (SSSR count). The molecule has 0 saturated heterocycles. The molecule has 0 heterocycles. The van der Waals surface area contributed by atoms with Crippen LogP contribution in [0, 0.1) is 5.92 Å². The van der Waals surface area contributed by atoms with E-state index in [1.807, 2.05) is 0 Å². The second-order valence-corrected chi connectivity index (χ2v) is 2.93. The molecule has 0 bridgehead atoms. The van der Waals surface area contributed by atoms with Crippen molar-refractivity contribution < 1.29 is 9.90 Å². The highest BCUT2D eigenvalue weighted by molar-refractivity contribution is 5.71. The second-order valence-electron chi connectivity index (χ2n) is 2.93. The van der Waals surface area contributed by atoms with Crippen molar-refractivity contribution in [3.05, 3.63) is 0 Å². The van der Waals surface area contributed by atoms with Crippen molar-refractivity contribution in [3.8, 4) is 0 Å². The van der Waals surface area contributed by atoms with E-state index in [0.717, 1.165) is 6.42 Å². The number of carbonyl (C=O) groups is 1. The molecular weight excluding hydrogens is 144 g/mol. The standard InChI is InChI=1S/C7H16N2O2/c1-6(2)3-4-9(5-10)7(8)11/h6,10H,3-5H2,1-2H3,(H2,8,11). The van der Waals surface area contributed by atoms with Crippen molar-refractivity contribution in [2.24, 2.45) is 11.7 Å². The van der Waals surface area contributed by atoms with Crippen LogP contribution in [0.1, 0.15) is 20.3 Å². The molecule has 0 aliphatic carbocycles. The zero-order chi connectivity index (χ0) is 8.85. The van der Waals surface area contributed by atoms with E-state index in [4.69, 9.17) is 10.8 Å². The van der Waals surface area contributed by atoms with E-state index in [9.17, 15) is 4.79 Å². The third-order valence-corrected chi connectivity index (χ3v) is 1.46. The van der Waals surface area contributed by atoms with Gasteiger partial charge in [-0.1, -0.05) is 13.8 Å². The molecule has 3 N–H and O–H groups in total. The third-order valence-electron chi connectivity index (χ3n) is 1.46. The van der Waals surface area contributed by atoms with Crippen LogP contribution in [0.5, 0.6) is 0 Å². The predicted octanol–water partition coefficient (Wildman–Crippen LogP) is 0.363. The summed E-state index contributed by atoms with van der Waals surface area (Å²) in [4.78, 5) is 11.7. The van der Waals surface area contributed by atoms with Crippen LogP contribution in [0.4, 0.5) is 4.79 Å². The summed E-state index contributed by atoms with van der Waals surface area (Å²) in [5, 5.41) is 8.63. The number of hydrogen-bond donors (Lipinski definition) is 2. The predicted molar refractivity (Wildman–Crippen MR) is 42.8 cm³/mol. The Balaban J connectivity index is 3.61. The normalized spacial score (nSPS) is 10.2. The van der Waals surface area contributed by atoms with E-state index in [2.05, 4.69) is 13.8 Å². The number of amides is 2. The number of aliphatic hydroxyl groups is 1. The highest BCUT2D eigenvalue weighted by Crippen LogP contribution is 2.00. The molecule has 66 valence electrons. The fraction of sp³-hybridized carbons (Fsp3) is 0.857. The summed E-state index contributed by atoms with van der Waals surface area (Å²) in [7, 11) is 0. The van der Waals surface area contributed by atoms with Crippen molar-refractivity contribution in [2.45, 2.75) is 20.3 Å². The Kier molecular flexibility index (Phi) is 4.61. The molecule has 2 amide bonds. The van der Waals surface area contributed by atoms with E-state index < -0.39 is 6.03 Å². The van der Waals surface area contributed by atoms with Gasteiger partial charge in [-0.3, -0.25) is 0 Å². The molecule has 0 aliphatic rings. The van der Waals surface area contributed by atoms with Gasteiger partial charge in [0.15, 0.2) is 0 Å². The molecule has 0 aliphatic heterocycles. The summed E-state index contributed by atoms with van der Waals surface area (Å²) in [6, 6.07) is -0.562. The van der Waals surface area contributed by atoms with Crippen LogP contribution in [0.2, 0.25) is 0 Å². The molecule has 4 heteroatoms. The van der Waals surface area contributed by atoms with Crippen LogP contribution in [-0.4, -0.2) is 29.3 Å². The molecule has 4 nitrogen and oxygen atoms in total. The second kappa shape index (κ2) is 4.96. The third kappa shape index (κ3) is 4.61. The quantitative estimate of drug-likeness (QED) is 0.583. The maximum absolute atomic E-state index is 10.5. The van der Waals surface area contributed by atoms with E-state index in [1.165, 1.54) is 4.90 Å². The van der Waals surface area contributed by atoms with E-state index in [0.29, 0.717) is 12.5 Å². The van der Waals surface area contributed by atoms with Gasteiger partial charge in [0.2, 0.25) is 0 Å². The number of aliphatic hydroxyl groups excluding tert-OH is 1. The van der Waals surface area contributed by atoms with Crippen LogP contribution in [0.25, 0.3) is 0 Å². The first-order valence-corrected chi connectivity index (χ1v) is 3.73. The minimum Gasteiger partial charge on any atom is -0.376 e. The molecule has 0 fully saturated rings. The average Bonchev–Trinajstić information content (AvgIpc) is 1.87. The topological polar surface area (TPSA) is 66.6 Å². The molecule has 11 heavy (non-hydrogen) atoms.